The van der Waals surface area contributed by atoms with Crippen molar-refractivity contribution in [3.05, 3.63) is 12.8 Å². The van der Waals surface area contributed by atoms with E-state index in [1.54, 1.807) is 0 Å². The van der Waals surface area contributed by atoms with Crippen molar-refractivity contribution in [3.8, 4) is 0 Å². The predicted octanol–water partition coefficient (Wildman–Crippen LogP) is 10.7. The standard InChI is InChI=1S/C38H78N2O2/c1-5-8-10-12-14-16-18-20-22-24-26-28-31-37(41)35-40(34-30-33-39(4)7-3)36-38(42)32-29-27-25-23-21-19-17-15-13-11-9-6-2/h7,37-38,41-42H,3,5-6,8-36H2,1-2,4H3. The molecule has 0 aliphatic rings. The van der Waals surface area contributed by atoms with E-state index >= 15 is 0 Å². The number of rotatable bonds is 35. The van der Waals surface area contributed by atoms with Crippen LogP contribution in [-0.4, -0.2) is 65.4 Å². The first-order valence-corrected chi connectivity index (χ1v) is 18.9. The van der Waals surface area contributed by atoms with Crippen molar-refractivity contribution >= 4 is 0 Å². The van der Waals surface area contributed by atoms with E-state index in [0.29, 0.717) is 13.1 Å². The van der Waals surface area contributed by atoms with Crippen LogP contribution in [0.1, 0.15) is 187 Å². The molecule has 0 heterocycles. The van der Waals surface area contributed by atoms with E-state index in [0.717, 1.165) is 45.2 Å². The van der Waals surface area contributed by atoms with Gasteiger partial charge in [-0.2, -0.15) is 0 Å². The van der Waals surface area contributed by atoms with Gasteiger partial charge in [0.2, 0.25) is 0 Å². The molecule has 2 atom stereocenters. The van der Waals surface area contributed by atoms with Gasteiger partial charge in [-0.15, -0.1) is 0 Å². The smallest absolute Gasteiger partial charge is 0.0667 e. The average molecular weight is 595 g/mol. The second-order valence-corrected chi connectivity index (χ2v) is 13.4. The summed E-state index contributed by atoms with van der Waals surface area (Å²) in [6.45, 7) is 11.7. The van der Waals surface area contributed by atoms with E-state index in [1.807, 2.05) is 6.20 Å². The summed E-state index contributed by atoms with van der Waals surface area (Å²) in [5, 5.41) is 21.6. The van der Waals surface area contributed by atoms with Gasteiger partial charge in [-0.3, -0.25) is 4.90 Å². The first kappa shape index (κ1) is 41.4. The third kappa shape index (κ3) is 30.9. The highest BCUT2D eigenvalue weighted by atomic mass is 16.3. The molecule has 0 rings (SSSR count). The highest BCUT2D eigenvalue weighted by molar-refractivity contribution is 4.72. The van der Waals surface area contributed by atoms with E-state index in [4.69, 9.17) is 0 Å². The van der Waals surface area contributed by atoms with Gasteiger partial charge >= 0.3 is 0 Å². The van der Waals surface area contributed by atoms with Crippen molar-refractivity contribution in [2.45, 2.75) is 199 Å². The van der Waals surface area contributed by atoms with Gasteiger partial charge in [-0.05, 0) is 25.5 Å². The van der Waals surface area contributed by atoms with E-state index < -0.39 is 0 Å². The molecule has 0 saturated heterocycles. The average Bonchev–Trinajstić information content (AvgIpc) is 2.98. The van der Waals surface area contributed by atoms with Crippen molar-refractivity contribution < 1.29 is 10.2 Å². The maximum atomic E-state index is 10.8. The topological polar surface area (TPSA) is 46.9 Å². The molecule has 252 valence electrons. The summed E-state index contributed by atoms with van der Waals surface area (Å²) in [6.07, 6.45) is 36.4. The lowest BCUT2D eigenvalue weighted by Gasteiger charge is -2.28. The molecule has 0 radical (unpaired) electrons. The van der Waals surface area contributed by atoms with Crippen molar-refractivity contribution in [2.75, 3.05) is 33.2 Å². The molecule has 0 aliphatic heterocycles. The first-order chi connectivity index (χ1) is 20.5. The Morgan fingerprint density at radius 3 is 1.10 bits per heavy atom. The molecular weight excluding hydrogens is 516 g/mol. The molecule has 0 aliphatic carbocycles. The molecular formula is C38H78N2O2. The second kappa shape index (κ2) is 33.3. The normalized spacial score (nSPS) is 13.1. The third-order valence-electron chi connectivity index (χ3n) is 9.02. The summed E-state index contributed by atoms with van der Waals surface area (Å²) in [5.41, 5.74) is 0. The van der Waals surface area contributed by atoms with Crippen LogP contribution in [0.2, 0.25) is 0 Å². The largest absolute Gasteiger partial charge is 0.392 e. The number of aliphatic hydroxyl groups is 2. The van der Waals surface area contributed by atoms with Crippen LogP contribution < -0.4 is 0 Å². The Bertz CT molecular complexity index is 493. The van der Waals surface area contributed by atoms with Gasteiger partial charge in [0.05, 0.1) is 12.2 Å². The minimum absolute atomic E-state index is 0.288. The molecule has 0 spiro atoms. The van der Waals surface area contributed by atoms with Crippen LogP contribution in [-0.2, 0) is 0 Å². The highest BCUT2D eigenvalue weighted by Crippen LogP contribution is 2.15. The summed E-state index contributed by atoms with van der Waals surface area (Å²) in [4.78, 5) is 4.43. The fraction of sp³-hybridized carbons (Fsp3) is 0.947. The molecule has 4 nitrogen and oxygen atoms in total. The van der Waals surface area contributed by atoms with E-state index in [2.05, 4.69) is 37.3 Å². The Kier molecular flexibility index (Phi) is 32.9. The maximum Gasteiger partial charge on any atom is 0.0667 e. The van der Waals surface area contributed by atoms with Gasteiger partial charge in [0, 0.05) is 33.2 Å². The summed E-state index contributed by atoms with van der Waals surface area (Å²) < 4.78 is 0. The second-order valence-electron chi connectivity index (χ2n) is 13.4. The van der Waals surface area contributed by atoms with Crippen molar-refractivity contribution in [2.24, 2.45) is 0 Å². The quantitative estimate of drug-likeness (QED) is 0.0717. The van der Waals surface area contributed by atoms with Gasteiger partial charge < -0.3 is 15.1 Å². The molecule has 2 unspecified atom stereocenters. The van der Waals surface area contributed by atoms with Crippen LogP contribution in [0.25, 0.3) is 0 Å². The van der Waals surface area contributed by atoms with Gasteiger partial charge in [0.1, 0.15) is 0 Å². The lowest BCUT2D eigenvalue weighted by molar-refractivity contribution is 0.0592. The number of unbranched alkanes of at least 4 members (excludes halogenated alkanes) is 22. The fourth-order valence-electron chi connectivity index (χ4n) is 6.11. The van der Waals surface area contributed by atoms with E-state index in [-0.39, 0.29) is 12.2 Å². The molecule has 0 fully saturated rings. The number of hydrogen-bond acceptors (Lipinski definition) is 4. The summed E-state index contributed by atoms with van der Waals surface area (Å²) in [6, 6.07) is 0. The predicted molar refractivity (Wildman–Crippen MR) is 187 cm³/mol. The summed E-state index contributed by atoms with van der Waals surface area (Å²) in [5.74, 6) is 0. The van der Waals surface area contributed by atoms with E-state index in [1.165, 1.54) is 141 Å². The zero-order valence-electron chi connectivity index (χ0n) is 29.1. The SMILES string of the molecule is C=CN(C)CCCN(CC(O)CCCCCCCCCCCCCC)CC(O)CCCCCCCCCCCCCC. The molecule has 42 heavy (non-hydrogen) atoms. The van der Waals surface area contributed by atoms with E-state index in [9.17, 15) is 10.2 Å². The minimum atomic E-state index is -0.288. The van der Waals surface area contributed by atoms with Crippen LogP contribution in [0.4, 0.5) is 0 Å². The molecule has 0 aromatic carbocycles. The van der Waals surface area contributed by atoms with Gasteiger partial charge in [0.15, 0.2) is 0 Å². The number of aliphatic hydroxyl groups excluding tert-OH is 2. The van der Waals surface area contributed by atoms with Crippen LogP contribution >= 0.6 is 0 Å². The molecule has 0 aromatic rings. The molecule has 0 bridgehead atoms. The summed E-state index contributed by atoms with van der Waals surface area (Å²) >= 11 is 0. The minimum Gasteiger partial charge on any atom is -0.392 e. The molecule has 2 N–H and O–H groups in total. The van der Waals surface area contributed by atoms with Crippen LogP contribution in [0.5, 0.6) is 0 Å². The number of nitrogens with zero attached hydrogens (tertiary/aromatic N) is 2. The fourth-order valence-corrected chi connectivity index (χ4v) is 6.11. The molecule has 0 amide bonds. The lowest BCUT2D eigenvalue weighted by atomic mass is 10.0. The molecule has 0 aromatic heterocycles. The Morgan fingerprint density at radius 1 is 0.476 bits per heavy atom. The third-order valence-corrected chi connectivity index (χ3v) is 9.02. The van der Waals surface area contributed by atoms with Crippen LogP contribution in [0.15, 0.2) is 12.8 Å². The van der Waals surface area contributed by atoms with Crippen LogP contribution in [0, 0.1) is 0 Å². The zero-order valence-corrected chi connectivity index (χ0v) is 29.1. The first-order valence-electron chi connectivity index (χ1n) is 18.9. The monoisotopic (exact) mass is 595 g/mol. The Labute approximate surface area is 265 Å². The van der Waals surface area contributed by atoms with Gasteiger partial charge in [-0.25, -0.2) is 0 Å². The Hall–Kier alpha value is -0.580. The highest BCUT2D eigenvalue weighted by Gasteiger charge is 2.16. The van der Waals surface area contributed by atoms with Crippen molar-refractivity contribution in [3.63, 3.8) is 0 Å². The van der Waals surface area contributed by atoms with Crippen LogP contribution in [0.3, 0.4) is 0 Å². The Balaban J connectivity index is 4.02. The number of hydrogen-bond donors (Lipinski definition) is 2. The maximum absolute atomic E-state index is 10.8. The van der Waals surface area contributed by atoms with Gasteiger partial charge in [-0.1, -0.05) is 175 Å². The van der Waals surface area contributed by atoms with Crippen molar-refractivity contribution in [1.29, 1.82) is 0 Å². The summed E-state index contributed by atoms with van der Waals surface area (Å²) in [7, 11) is 2.06. The molecule has 0 saturated carbocycles. The van der Waals surface area contributed by atoms with Gasteiger partial charge in [0.25, 0.3) is 0 Å². The molecule has 4 heteroatoms. The van der Waals surface area contributed by atoms with Crippen molar-refractivity contribution in [1.82, 2.24) is 9.80 Å². The lowest BCUT2D eigenvalue weighted by Crippen LogP contribution is -2.39. The zero-order chi connectivity index (χ0) is 30.9. The Morgan fingerprint density at radius 2 is 0.786 bits per heavy atom.